The van der Waals surface area contributed by atoms with E-state index < -0.39 is 18.2 Å². The van der Waals surface area contributed by atoms with Crippen LogP contribution in [0.5, 0.6) is 0 Å². The van der Waals surface area contributed by atoms with E-state index in [1.54, 1.807) is 13.8 Å². The van der Waals surface area contributed by atoms with Gasteiger partial charge in [0, 0.05) is 11.8 Å². The Kier molecular flexibility index (Phi) is 5.09. The molecule has 7 N–H and O–H groups in total. The molecule has 5 heteroatoms. The molecule has 0 aromatic rings. The summed E-state index contributed by atoms with van der Waals surface area (Å²) in [6, 6.07) is -1.46. The Labute approximate surface area is 78.2 Å². The third kappa shape index (κ3) is 3.40. The number of aliphatic hydroxyl groups excluding tert-OH is 2. The second-order valence-electron chi connectivity index (χ2n) is 3.48. The van der Waals surface area contributed by atoms with Crippen LogP contribution < -0.4 is 11.5 Å². The van der Waals surface area contributed by atoms with Crippen LogP contribution in [0.25, 0.3) is 0 Å². The van der Waals surface area contributed by atoms with E-state index in [2.05, 4.69) is 0 Å². The van der Waals surface area contributed by atoms with Crippen molar-refractivity contribution in [2.75, 3.05) is 6.61 Å². The molecule has 0 heterocycles. The topological polar surface area (TPSA) is 116 Å². The zero-order valence-corrected chi connectivity index (χ0v) is 8.07. The largest absolute Gasteiger partial charge is 0.395 e. The number of nitrogens with one attached hydrogen (secondary N) is 1. The fourth-order valence-electron chi connectivity index (χ4n) is 0.905. The molecule has 0 fully saturated rings. The summed E-state index contributed by atoms with van der Waals surface area (Å²) in [5.41, 5.74) is 11.1. The molecular weight excluding hydrogens is 170 g/mol. The van der Waals surface area contributed by atoms with Crippen molar-refractivity contribution in [3.63, 3.8) is 0 Å². The molecule has 0 aromatic heterocycles. The van der Waals surface area contributed by atoms with Crippen LogP contribution in [0.15, 0.2) is 0 Å². The first kappa shape index (κ1) is 12.5. The van der Waals surface area contributed by atoms with Crippen molar-refractivity contribution in [3.8, 4) is 0 Å². The van der Waals surface area contributed by atoms with Crippen molar-refractivity contribution in [1.82, 2.24) is 0 Å². The van der Waals surface area contributed by atoms with E-state index in [4.69, 9.17) is 22.0 Å². The summed E-state index contributed by atoms with van der Waals surface area (Å²) in [5.74, 6) is -0.0630. The third-order valence-corrected chi connectivity index (χ3v) is 2.01. The molecule has 13 heavy (non-hydrogen) atoms. The van der Waals surface area contributed by atoms with E-state index in [1.165, 1.54) is 0 Å². The number of hydrogen-bond acceptors (Lipinski definition) is 5. The van der Waals surface area contributed by atoms with Crippen LogP contribution in [0.1, 0.15) is 13.8 Å². The molecule has 0 aliphatic heterocycles. The highest BCUT2D eigenvalue weighted by atomic mass is 16.3. The molecule has 0 aliphatic carbocycles. The summed E-state index contributed by atoms with van der Waals surface area (Å²) < 4.78 is 0. The van der Waals surface area contributed by atoms with Crippen LogP contribution in [0.2, 0.25) is 0 Å². The molecule has 0 amide bonds. The maximum absolute atomic E-state index is 9.52. The molecule has 0 bridgehead atoms. The Bertz CT molecular complexity index is 173. The van der Waals surface area contributed by atoms with Crippen LogP contribution in [-0.2, 0) is 0 Å². The molecule has 0 saturated carbocycles. The molecule has 3 atom stereocenters. The summed E-state index contributed by atoms with van der Waals surface area (Å²) in [4.78, 5) is 0. The van der Waals surface area contributed by atoms with Crippen LogP contribution in [0.4, 0.5) is 0 Å². The predicted octanol–water partition coefficient (Wildman–Crippen LogP) is -1.33. The molecule has 0 rings (SSSR count). The van der Waals surface area contributed by atoms with Crippen molar-refractivity contribution in [1.29, 1.82) is 5.41 Å². The first-order valence-corrected chi connectivity index (χ1v) is 4.30. The minimum absolute atomic E-state index is 0.0630. The second kappa shape index (κ2) is 5.29. The predicted molar refractivity (Wildman–Crippen MR) is 51.6 cm³/mol. The van der Waals surface area contributed by atoms with Gasteiger partial charge in [0.05, 0.1) is 12.6 Å². The Balaban J connectivity index is 4.24. The van der Waals surface area contributed by atoms with E-state index in [0.29, 0.717) is 0 Å². The van der Waals surface area contributed by atoms with E-state index in [-0.39, 0.29) is 18.2 Å². The van der Waals surface area contributed by atoms with E-state index in [0.717, 1.165) is 0 Å². The van der Waals surface area contributed by atoms with Crippen LogP contribution in [0.3, 0.4) is 0 Å². The van der Waals surface area contributed by atoms with Gasteiger partial charge in [0.25, 0.3) is 0 Å². The zero-order valence-electron chi connectivity index (χ0n) is 8.07. The molecule has 0 aliphatic rings. The van der Waals surface area contributed by atoms with E-state index in [9.17, 15) is 5.11 Å². The van der Waals surface area contributed by atoms with Gasteiger partial charge in [-0.15, -0.1) is 0 Å². The fourth-order valence-corrected chi connectivity index (χ4v) is 0.905. The summed E-state index contributed by atoms with van der Waals surface area (Å²) in [7, 11) is 0. The summed E-state index contributed by atoms with van der Waals surface area (Å²) in [6.45, 7) is 3.30. The number of rotatable bonds is 5. The third-order valence-electron chi connectivity index (χ3n) is 2.01. The first-order valence-electron chi connectivity index (χ1n) is 4.30. The average molecular weight is 189 g/mol. The minimum atomic E-state index is -1.07. The Morgan fingerprint density at radius 1 is 1.38 bits per heavy atom. The Morgan fingerprint density at radius 2 is 1.85 bits per heavy atom. The Morgan fingerprint density at radius 3 is 2.15 bits per heavy atom. The molecule has 0 spiro atoms. The van der Waals surface area contributed by atoms with Gasteiger partial charge < -0.3 is 27.1 Å². The van der Waals surface area contributed by atoms with Crippen molar-refractivity contribution in [2.24, 2.45) is 17.4 Å². The SMILES string of the molecule is CC(C)C(=N)[C@@H](O)C(N)C(N)CO. The molecule has 0 aromatic carbocycles. The highest BCUT2D eigenvalue weighted by molar-refractivity contribution is 5.88. The molecule has 0 radical (unpaired) electrons. The molecule has 5 nitrogen and oxygen atoms in total. The van der Waals surface area contributed by atoms with Gasteiger partial charge in [-0.1, -0.05) is 13.8 Å². The van der Waals surface area contributed by atoms with Gasteiger partial charge in [-0.3, -0.25) is 0 Å². The van der Waals surface area contributed by atoms with Crippen molar-refractivity contribution < 1.29 is 10.2 Å². The maximum atomic E-state index is 9.52. The van der Waals surface area contributed by atoms with Gasteiger partial charge in [0.2, 0.25) is 0 Å². The number of aliphatic hydroxyl groups is 2. The smallest absolute Gasteiger partial charge is 0.108 e. The lowest BCUT2D eigenvalue weighted by Crippen LogP contribution is -2.54. The van der Waals surface area contributed by atoms with Gasteiger partial charge in [0.1, 0.15) is 6.10 Å². The van der Waals surface area contributed by atoms with Crippen LogP contribution in [-0.4, -0.2) is 40.7 Å². The lowest BCUT2D eigenvalue weighted by atomic mass is 9.94. The minimum Gasteiger partial charge on any atom is -0.395 e. The molecule has 2 unspecified atom stereocenters. The van der Waals surface area contributed by atoms with E-state index in [1.807, 2.05) is 0 Å². The van der Waals surface area contributed by atoms with Gasteiger partial charge in [-0.05, 0) is 5.92 Å². The van der Waals surface area contributed by atoms with Gasteiger partial charge >= 0.3 is 0 Å². The highest BCUT2D eigenvalue weighted by Gasteiger charge is 2.26. The van der Waals surface area contributed by atoms with Gasteiger partial charge in [0.15, 0.2) is 0 Å². The summed E-state index contributed by atoms with van der Waals surface area (Å²) >= 11 is 0. The lowest BCUT2D eigenvalue weighted by molar-refractivity contribution is 0.161. The zero-order chi connectivity index (χ0) is 10.6. The number of nitrogens with two attached hydrogens (primary N) is 2. The van der Waals surface area contributed by atoms with Gasteiger partial charge in [-0.2, -0.15) is 0 Å². The molecule has 78 valence electrons. The van der Waals surface area contributed by atoms with E-state index >= 15 is 0 Å². The second-order valence-corrected chi connectivity index (χ2v) is 3.48. The van der Waals surface area contributed by atoms with Crippen LogP contribution in [0, 0.1) is 11.3 Å². The average Bonchev–Trinajstić information content (AvgIpc) is 2.12. The Hall–Kier alpha value is -0.490. The lowest BCUT2D eigenvalue weighted by Gasteiger charge is -2.25. The highest BCUT2D eigenvalue weighted by Crippen LogP contribution is 2.04. The van der Waals surface area contributed by atoms with Crippen molar-refractivity contribution >= 4 is 5.71 Å². The summed E-state index contributed by atoms with van der Waals surface area (Å²) in [6.07, 6.45) is -1.07. The van der Waals surface area contributed by atoms with Crippen molar-refractivity contribution in [3.05, 3.63) is 0 Å². The standard InChI is InChI=1S/C8H19N3O2/c1-4(2)6(10)8(13)7(11)5(9)3-12/h4-5,7-8,10,12-13H,3,9,11H2,1-2H3/t5?,7?,8-/m1/s1. The van der Waals surface area contributed by atoms with Crippen molar-refractivity contribution in [2.45, 2.75) is 32.0 Å². The van der Waals surface area contributed by atoms with Crippen LogP contribution >= 0.6 is 0 Å². The first-order chi connectivity index (χ1) is 5.91. The normalized spacial score (nSPS) is 18.4. The fraction of sp³-hybridized carbons (Fsp3) is 0.875. The quantitative estimate of drug-likeness (QED) is 0.344. The molecular formula is C8H19N3O2. The molecule has 0 saturated heterocycles. The number of hydrogen-bond donors (Lipinski definition) is 5. The monoisotopic (exact) mass is 189 g/mol. The maximum Gasteiger partial charge on any atom is 0.108 e. The van der Waals surface area contributed by atoms with Gasteiger partial charge in [-0.25, -0.2) is 0 Å². The summed E-state index contributed by atoms with van der Waals surface area (Å²) in [5, 5.41) is 25.7.